The minimum atomic E-state index is -2.84. The van der Waals surface area contributed by atoms with E-state index < -0.39 is 6.61 Å². The summed E-state index contributed by atoms with van der Waals surface area (Å²) in [6, 6.07) is 13.4. The van der Waals surface area contributed by atoms with Gasteiger partial charge in [0.15, 0.2) is 0 Å². The van der Waals surface area contributed by atoms with Crippen LogP contribution < -0.4 is 15.4 Å². The molecule has 2 amide bonds. The van der Waals surface area contributed by atoms with Gasteiger partial charge in [0.2, 0.25) is 0 Å². The van der Waals surface area contributed by atoms with Gasteiger partial charge in [0.05, 0.1) is 17.1 Å². The molecule has 0 radical (unpaired) electrons. The third kappa shape index (κ3) is 5.16. The Morgan fingerprint density at radius 1 is 1.19 bits per heavy atom. The Morgan fingerprint density at radius 3 is 2.63 bits per heavy atom. The lowest BCUT2D eigenvalue weighted by Crippen LogP contribution is -2.38. The van der Waals surface area contributed by atoms with Gasteiger partial charge >= 0.3 is 12.6 Å². The van der Waals surface area contributed by atoms with E-state index in [1.807, 2.05) is 31.2 Å². The van der Waals surface area contributed by atoms with E-state index in [9.17, 15) is 13.6 Å². The maximum atomic E-state index is 12.1. The van der Waals surface area contributed by atoms with E-state index in [0.29, 0.717) is 18.8 Å². The average Bonchev–Trinajstić information content (AvgIpc) is 3.07. The lowest BCUT2D eigenvalue weighted by molar-refractivity contribution is -0.0498. The van der Waals surface area contributed by atoms with E-state index in [4.69, 9.17) is 0 Å². The average molecular weight is 374 g/mol. The minimum absolute atomic E-state index is 0.110. The van der Waals surface area contributed by atoms with E-state index in [2.05, 4.69) is 25.3 Å². The molecular formula is C19H20F2N4O2. The topological polar surface area (TPSA) is 79.0 Å². The molecule has 0 saturated carbocycles. The number of carbonyl (C=O) groups excluding carboxylic acids is 1. The number of fused-ring (bicyclic) bond motifs is 1. The van der Waals surface area contributed by atoms with Crippen molar-refractivity contribution in [2.45, 2.75) is 26.0 Å². The Balaban J connectivity index is 1.45. The molecule has 0 spiro atoms. The van der Waals surface area contributed by atoms with Crippen LogP contribution in [0.15, 0.2) is 48.5 Å². The number of aromatic amines is 1. The van der Waals surface area contributed by atoms with Gasteiger partial charge in [-0.2, -0.15) is 8.78 Å². The van der Waals surface area contributed by atoms with Gasteiger partial charge in [-0.25, -0.2) is 9.78 Å². The zero-order chi connectivity index (χ0) is 19.2. The third-order valence-electron chi connectivity index (χ3n) is 4.01. The van der Waals surface area contributed by atoms with Crippen LogP contribution in [-0.4, -0.2) is 29.2 Å². The molecule has 142 valence electrons. The second-order valence-electron chi connectivity index (χ2n) is 6.03. The Labute approximate surface area is 154 Å². The van der Waals surface area contributed by atoms with Crippen LogP contribution in [0.25, 0.3) is 11.0 Å². The van der Waals surface area contributed by atoms with Gasteiger partial charge < -0.3 is 20.4 Å². The van der Waals surface area contributed by atoms with Crippen molar-refractivity contribution in [2.75, 3.05) is 6.54 Å². The number of para-hydroxylation sites is 2. The van der Waals surface area contributed by atoms with Gasteiger partial charge in [-0.05, 0) is 43.2 Å². The van der Waals surface area contributed by atoms with Gasteiger partial charge in [-0.3, -0.25) is 0 Å². The number of hydrogen-bond acceptors (Lipinski definition) is 3. The number of H-pyrrole nitrogens is 1. The molecule has 8 heteroatoms. The summed E-state index contributed by atoms with van der Waals surface area (Å²) >= 11 is 0. The van der Waals surface area contributed by atoms with Crippen LogP contribution in [-0.2, 0) is 6.42 Å². The minimum Gasteiger partial charge on any atom is -0.435 e. The van der Waals surface area contributed by atoms with Crippen molar-refractivity contribution >= 4 is 17.1 Å². The number of nitrogens with one attached hydrogen (secondary N) is 3. The first-order chi connectivity index (χ1) is 13.0. The molecule has 3 N–H and O–H groups in total. The highest BCUT2D eigenvalue weighted by atomic mass is 19.3. The molecule has 1 atom stereocenters. The number of carbonyl (C=O) groups is 1. The predicted molar refractivity (Wildman–Crippen MR) is 97.8 cm³/mol. The van der Waals surface area contributed by atoms with E-state index in [1.54, 1.807) is 12.1 Å². The van der Waals surface area contributed by atoms with Crippen molar-refractivity contribution in [3.05, 3.63) is 59.9 Å². The fraction of sp³-hybridized carbons (Fsp3) is 0.263. The zero-order valence-corrected chi connectivity index (χ0v) is 14.7. The van der Waals surface area contributed by atoms with Gasteiger partial charge in [0.1, 0.15) is 11.6 Å². The predicted octanol–water partition coefficient (Wildman–Crippen LogP) is 3.77. The largest absolute Gasteiger partial charge is 0.435 e. The molecule has 3 rings (SSSR count). The molecule has 0 aliphatic carbocycles. The van der Waals surface area contributed by atoms with E-state index in [1.165, 1.54) is 12.1 Å². The van der Waals surface area contributed by atoms with E-state index in [0.717, 1.165) is 16.6 Å². The van der Waals surface area contributed by atoms with Crippen LogP contribution in [0.1, 0.15) is 24.4 Å². The van der Waals surface area contributed by atoms with Crippen molar-refractivity contribution < 1.29 is 18.3 Å². The molecule has 0 fully saturated rings. The Kier molecular flexibility index (Phi) is 5.85. The lowest BCUT2D eigenvalue weighted by Gasteiger charge is -2.12. The van der Waals surface area contributed by atoms with Crippen LogP contribution in [0.3, 0.4) is 0 Å². The Bertz CT molecular complexity index is 863. The molecule has 27 heavy (non-hydrogen) atoms. The molecule has 0 aliphatic rings. The molecule has 3 aromatic rings. The number of imidazole rings is 1. The summed E-state index contributed by atoms with van der Waals surface area (Å²) in [6.45, 7) is -0.581. The molecule has 0 bridgehead atoms. The number of benzene rings is 2. The fourth-order valence-electron chi connectivity index (χ4n) is 2.65. The van der Waals surface area contributed by atoms with Crippen molar-refractivity contribution in [1.29, 1.82) is 0 Å². The number of amides is 2. The molecule has 1 heterocycles. The number of urea groups is 1. The number of alkyl halides is 2. The molecular weight excluding hydrogens is 354 g/mol. The maximum absolute atomic E-state index is 12.1. The van der Waals surface area contributed by atoms with E-state index in [-0.39, 0.29) is 17.8 Å². The van der Waals surface area contributed by atoms with Crippen LogP contribution >= 0.6 is 0 Å². The quantitative estimate of drug-likeness (QED) is 0.589. The zero-order valence-electron chi connectivity index (χ0n) is 14.7. The standard InChI is InChI=1S/C19H20F2N4O2/c1-12(17-24-15-4-2-3-5-16(15)25-17)23-19(26)22-11-10-13-6-8-14(9-7-13)27-18(20)21/h2-9,12,18H,10-11H2,1H3,(H,24,25)(H2,22,23,26). The van der Waals surface area contributed by atoms with Crippen LogP contribution in [0.4, 0.5) is 13.6 Å². The molecule has 6 nitrogen and oxygen atoms in total. The highest BCUT2D eigenvalue weighted by Crippen LogP contribution is 2.16. The second-order valence-corrected chi connectivity index (χ2v) is 6.03. The van der Waals surface area contributed by atoms with Gasteiger partial charge in [-0.15, -0.1) is 0 Å². The number of rotatable bonds is 7. The fourth-order valence-corrected chi connectivity index (χ4v) is 2.65. The van der Waals surface area contributed by atoms with Crippen molar-refractivity contribution in [3.8, 4) is 5.75 Å². The summed E-state index contributed by atoms with van der Waals surface area (Å²) in [5.41, 5.74) is 2.67. The number of halogens is 2. The van der Waals surface area contributed by atoms with Crippen molar-refractivity contribution in [2.24, 2.45) is 0 Å². The summed E-state index contributed by atoms with van der Waals surface area (Å²) in [5.74, 6) is 0.792. The first kappa shape index (κ1) is 18.6. The molecule has 1 aromatic heterocycles. The lowest BCUT2D eigenvalue weighted by atomic mass is 10.1. The first-order valence-corrected chi connectivity index (χ1v) is 8.54. The number of ether oxygens (including phenoxy) is 1. The number of aromatic nitrogens is 2. The summed E-state index contributed by atoms with van der Waals surface area (Å²) in [4.78, 5) is 19.7. The number of nitrogens with zero attached hydrogens (tertiary/aromatic N) is 1. The SMILES string of the molecule is CC(NC(=O)NCCc1ccc(OC(F)F)cc1)c1nc2ccccc2[nH]1. The maximum Gasteiger partial charge on any atom is 0.387 e. The van der Waals surface area contributed by atoms with Crippen LogP contribution in [0.2, 0.25) is 0 Å². The molecule has 2 aromatic carbocycles. The highest BCUT2D eigenvalue weighted by molar-refractivity contribution is 5.76. The number of hydrogen-bond donors (Lipinski definition) is 3. The van der Waals surface area contributed by atoms with Crippen LogP contribution in [0, 0.1) is 0 Å². The smallest absolute Gasteiger partial charge is 0.387 e. The molecule has 0 aliphatic heterocycles. The van der Waals surface area contributed by atoms with E-state index >= 15 is 0 Å². The third-order valence-corrected chi connectivity index (χ3v) is 4.01. The summed E-state index contributed by atoms with van der Waals surface area (Å²) in [6.07, 6.45) is 0.571. The van der Waals surface area contributed by atoms with Gasteiger partial charge in [-0.1, -0.05) is 24.3 Å². The monoisotopic (exact) mass is 374 g/mol. The Morgan fingerprint density at radius 2 is 1.93 bits per heavy atom. The Hall–Kier alpha value is -3.16. The molecule has 1 unspecified atom stereocenters. The molecule has 0 saturated heterocycles. The summed E-state index contributed by atoms with van der Waals surface area (Å²) < 4.78 is 28.5. The van der Waals surface area contributed by atoms with Crippen molar-refractivity contribution in [3.63, 3.8) is 0 Å². The van der Waals surface area contributed by atoms with Gasteiger partial charge in [0.25, 0.3) is 0 Å². The highest BCUT2D eigenvalue weighted by Gasteiger charge is 2.13. The van der Waals surface area contributed by atoms with Crippen LogP contribution in [0.5, 0.6) is 5.75 Å². The van der Waals surface area contributed by atoms with Crippen molar-refractivity contribution in [1.82, 2.24) is 20.6 Å². The normalized spacial score (nSPS) is 12.1. The second kappa shape index (κ2) is 8.48. The first-order valence-electron chi connectivity index (χ1n) is 8.54. The summed E-state index contributed by atoms with van der Waals surface area (Å²) in [7, 11) is 0. The van der Waals surface area contributed by atoms with Gasteiger partial charge in [0, 0.05) is 6.54 Å². The summed E-state index contributed by atoms with van der Waals surface area (Å²) in [5, 5.41) is 5.60.